The highest BCUT2D eigenvalue weighted by Gasteiger charge is 2.30. The van der Waals surface area contributed by atoms with Gasteiger partial charge < -0.3 is 25.1 Å². The summed E-state index contributed by atoms with van der Waals surface area (Å²) < 4.78 is 10.8. The molecule has 0 bridgehead atoms. The molecular weight excluding hydrogens is 458 g/mol. The number of carbonyl (C=O) groups is 3. The number of alkyl carbamates (subject to hydrolysis) is 1. The lowest BCUT2D eigenvalue weighted by Crippen LogP contribution is -2.51. The molecular formula is C28H35N3O5. The van der Waals surface area contributed by atoms with Gasteiger partial charge in [-0.05, 0) is 51.8 Å². The molecule has 3 aromatic rings. The minimum Gasteiger partial charge on any atom is -0.459 e. The van der Waals surface area contributed by atoms with E-state index in [1.54, 1.807) is 34.6 Å². The van der Waals surface area contributed by atoms with Crippen molar-refractivity contribution in [3.63, 3.8) is 0 Å². The maximum atomic E-state index is 13.1. The molecule has 0 aliphatic carbocycles. The summed E-state index contributed by atoms with van der Waals surface area (Å²) in [6.45, 7) is 8.84. The fourth-order valence-electron chi connectivity index (χ4n) is 3.81. The molecule has 0 radical (unpaired) electrons. The highest BCUT2D eigenvalue weighted by molar-refractivity contribution is 5.88. The molecule has 0 unspecified atom stereocenters. The second kappa shape index (κ2) is 11.3. The molecule has 0 fully saturated rings. The van der Waals surface area contributed by atoms with Crippen LogP contribution in [0.25, 0.3) is 10.9 Å². The van der Waals surface area contributed by atoms with Gasteiger partial charge in [-0.3, -0.25) is 4.79 Å². The molecule has 0 spiro atoms. The van der Waals surface area contributed by atoms with Gasteiger partial charge in [0.1, 0.15) is 18.2 Å². The predicted molar refractivity (Wildman–Crippen MR) is 138 cm³/mol. The third-order valence-electron chi connectivity index (χ3n) is 5.38. The average molecular weight is 494 g/mol. The van der Waals surface area contributed by atoms with E-state index in [1.807, 2.05) is 60.8 Å². The van der Waals surface area contributed by atoms with Crippen LogP contribution in [0.2, 0.25) is 0 Å². The zero-order chi connectivity index (χ0) is 26.3. The molecule has 1 heterocycles. The van der Waals surface area contributed by atoms with Crippen molar-refractivity contribution >= 4 is 28.9 Å². The summed E-state index contributed by atoms with van der Waals surface area (Å²) in [5, 5.41) is 6.51. The number of carbonyl (C=O) groups excluding carboxylic acids is 3. The smallest absolute Gasteiger partial charge is 0.408 e. The summed E-state index contributed by atoms with van der Waals surface area (Å²) >= 11 is 0. The third-order valence-corrected chi connectivity index (χ3v) is 5.38. The third kappa shape index (κ3) is 8.15. The minimum absolute atomic E-state index is 0.0530. The van der Waals surface area contributed by atoms with E-state index in [1.165, 1.54) is 0 Å². The van der Waals surface area contributed by atoms with Crippen molar-refractivity contribution in [2.24, 2.45) is 0 Å². The monoisotopic (exact) mass is 493 g/mol. The number of esters is 1. The van der Waals surface area contributed by atoms with Gasteiger partial charge in [0.2, 0.25) is 5.91 Å². The predicted octanol–water partition coefficient (Wildman–Crippen LogP) is 4.63. The van der Waals surface area contributed by atoms with Crippen LogP contribution in [-0.2, 0) is 32.1 Å². The molecule has 0 aliphatic heterocycles. The number of H-pyrrole nitrogens is 1. The Balaban J connectivity index is 1.70. The van der Waals surface area contributed by atoms with E-state index in [0.717, 1.165) is 22.0 Å². The molecule has 2 aromatic carbocycles. The standard InChI is InChI=1S/C28H35N3O5/c1-27(2,3)36-26(34)31-28(4,5)16-24(32)30-23(25(33)35-18-19-11-7-6-8-12-19)15-20-17-29-22-14-10-9-13-21(20)22/h6-14,17,23,29H,15-16,18H2,1-5H3,(H,30,32)(H,31,34)/t23-/m1/s1. The first kappa shape index (κ1) is 26.8. The fourth-order valence-corrected chi connectivity index (χ4v) is 3.81. The number of ether oxygens (including phenoxy) is 2. The van der Waals surface area contributed by atoms with E-state index >= 15 is 0 Å². The Morgan fingerprint density at radius 2 is 1.61 bits per heavy atom. The Labute approximate surface area is 211 Å². The molecule has 3 N–H and O–H groups in total. The van der Waals surface area contributed by atoms with E-state index in [2.05, 4.69) is 15.6 Å². The molecule has 1 aromatic heterocycles. The lowest BCUT2D eigenvalue weighted by molar-refractivity contribution is -0.149. The van der Waals surface area contributed by atoms with Gasteiger partial charge in [0.05, 0.1) is 0 Å². The summed E-state index contributed by atoms with van der Waals surface area (Å²) in [5.41, 5.74) is 1.13. The number of rotatable bonds is 9. The van der Waals surface area contributed by atoms with Gasteiger partial charge in [0.15, 0.2) is 0 Å². The van der Waals surface area contributed by atoms with Crippen LogP contribution in [0.5, 0.6) is 0 Å². The van der Waals surface area contributed by atoms with Gasteiger partial charge in [0, 0.05) is 35.5 Å². The Hall–Kier alpha value is -3.81. The SMILES string of the molecule is CC(C)(CC(=O)N[C@H](Cc1c[nH]c2ccccc12)C(=O)OCc1ccccc1)NC(=O)OC(C)(C)C. The van der Waals surface area contributed by atoms with Crippen molar-refractivity contribution < 1.29 is 23.9 Å². The number of benzene rings is 2. The second-order valence-electron chi connectivity index (χ2n) is 10.5. The van der Waals surface area contributed by atoms with E-state index < -0.39 is 35.2 Å². The fraction of sp³-hybridized carbons (Fsp3) is 0.393. The quantitative estimate of drug-likeness (QED) is 0.377. The maximum absolute atomic E-state index is 13.1. The van der Waals surface area contributed by atoms with E-state index in [-0.39, 0.29) is 19.4 Å². The first-order valence-corrected chi connectivity index (χ1v) is 12.0. The first-order valence-electron chi connectivity index (χ1n) is 12.0. The topological polar surface area (TPSA) is 110 Å². The van der Waals surface area contributed by atoms with Crippen LogP contribution in [0.15, 0.2) is 60.8 Å². The molecule has 8 heteroatoms. The molecule has 2 amide bonds. The number of nitrogens with one attached hydrogen (secondary N) is 3. The molecule has 0 aliphatic rings. The van der Waals surface area contributed by atoms with Crippen LogP contribution in [0.1, 0.15) is 52.2 Å². The minimum atomic E-state index is -0.905. The Morgan fingerprint density at radius 3 is 2.31 bits per heavy atom. The van der Waals surface area contributed by atoms with Crippen LogP contribution >= 0.6 is 0 Å². The molecule has 36 heavy (non-hydrogen) atoms. The van der Waals surface area contributed by atoms with Crippen LogP contribution in [0.3, 0.4) is 0 Å². The number of aromatic nitrogens is 1. The van der Waals surface area contributed by atoms with E-state index in [4.69, 9.17) is 9.47 Å². The van der Waals surface area contributed by atoms with Crippen molar-refractivity contribution in [2.45, 2.75) is 71.2 Å². The van der Waals surface area contributed by atoms with Crippen molar-refractivity contribution in [2.75, 3.05) is 0 Å². The number of amides is 2. The largest absolute Gasteiger partial charge is 0.459 e. The Kier molecular flexibility index (Phi) is 8.40. The Bertz CT molecular complexity index is 1190. The van der Waals surface area contributed by atoms with E-state index in [9.17, 15) is 14.4 Å². The number of fused-ring (bicyclic) bond motifs is 1. The summed E-state index contributed by atoms with van der Waals surface area (Å²) in [7, 11) is 0. The van der Waals surface area contributed by atoms with Gasteiger partial charge in [-0.2, -0.15) is 0 Å². The van der Waals surface area contributed by atoms with Gasteiger partial charge in [-0.25, -0.2) is 9.59 Å². The van der Waals surface area contributed by atoms with Gasteiger partial charge in [-0.1, -0.05) is 48.5 Å². The van der Waals surface area contributed by atoms with Crippen LogP contribution in [0, 0.1) is 0 Å². The second-order valence-corrected chi connectivity index (χ2v) is 10.5. The molecule has 0 saturated carbocycles. The highest BCUT2D eigenvalue weighted by Crippen LogP contribution is 2.20. The molecule has 0 saturated heterocycles. The van der Waals surface area contributed by atoms with Gasteiger partial charge in [-0.15, -0.1) is 0 Å². The van der Waals surface area contributed by atoms with Gasteiger partial charge >= 0.3 is 12.1 Å². The van der Waals surface area contributed by atoms with Gasteiger partial charge in [0.25, 0.3) is 0 Å². The lowest BCUT2D eigenvalue weighted by atomic mass is 9.99. The highest BCUT2D eigenvalue weighted by atomic mass is 16.6. The average Bonchev–Trinajstić information content (AvgIpc) is 3.18. The van der Waals surface area contributed by atoms with Crippen molar-refractivity contribution in [3.05, 3.63) is 71.9 Å². The van der Waals surface area contributed by atoms with Crippen molar-refractivity contribution in [1.29, 1.82) is 0 Å². The van der Waals surface area contributed by atoms with Crippen molar-refractivity contribution in [1.82, 2.24) is 15.6 Å². The van der Waals surface area contributed by atoms with E-state index in [0.29, 0.717) is 0 Å². The summed E-state index contributed by atoms with van der Waals surface area (Å²) in [6, 6.07) is 16.2. The number of aromatic amines is 1. The van der Waals surface area contributed by atoms with Crippen LogP contribution in [-0.4, -0.2) is 40.1 Å². The Morgan fingerprint density at radius 1 is 0.944 bits per heavy atom. The summed E-state index contributed by atoms with van der Waals surface area (Å²) in [5.74, 6) is -0.923. The number of para-hydroxylation sites is 1. The molecule has 1 atom stereocenters. The lowest BCUT2D eigenvalue weighted by Gasteiger charge is -2.28. The first-order chi connectivity index (χ1) is 16.9. The molecule has 192 valence electrons. The normalized spacial score (nSPS) is 12.6. The van der Waals surface area contributed by atoms with Crippen LogP contribution < -0.4 is 10.6 Å². The summed E-state index contributed by atoms with van der Waals surface area (Å²) in [4.78, 5) is 41.5. The van der Waals surface area contributed by atoms with Crippen molar-refractivity contribution in [3.8, 4) is 0 Å². The number of hydrogen-bond donors (Lipinski definition) is 3. The van der Waals surface area contributed by atoms with Crippen LogP contribution in [0.4, 0.5) is 4.79 Å². The number of hydrogen-bond acceptors (Lipinski definition) is 5. The zero-order valence-electron chi connectivity index (χ0n) is 21.5. The molecule has 3 rings (SSSR count). The maximum Gasteiger partial charge on any atom is 0.408 e. The summed E-state index contributed by atoms with van der Waals surface area (Å²) in [6.07, 6.45) is 1.42. The zero-order valence-corrected chi connectivity index (χ0v) is 21.5. The molecule has 8 nitrogen and oxygen atoms in total.